The summed E-state index contributed by atoms with van der Waals surface area (Å²) in [5.41, 5.74) is 0. The lowest BCUT2D eigenvalue weighted by atomic mass is 10.0. The van der Waals surface area contributed by atoms with Crippen LogP contribution < -0.4 is 0 Å². The van der Waals surface area contributed by atoms with Crippen LogP contribution in [0.25, 0.3) is 0 Å². The second kappa shape index (κ2) is 33.2. The van der Waals surface area contributed by atoms with Crippen LogP contribution in [0.15, 0.2) is 12.7 Å². The molecule has 0 aliphatic heterocycles. The average molecular weight is 339 g/mol. The van der Waals surface area contributed by atoms with E-state index < -0.39 is 0 Å². The Morgan fingerprint density at radius 1 is 0.667 bits per heavy atom. The molecule has 0 spiro atoms. The predicted molar refractivity (Wildman–Crippen MR) is 102 cm³/mol. The fourth-order valence-corrected chi connectivity index (χ4v) is 2.48. The summed E-state index contributed by atoms with van der Waals surface area (Å²) in [4.78, 5) is 16.7. The van der Waals surface area contributed by atoms with Gasteiger partial charge in [0.2, 0.25) is 12.2 Å². The molecule has 0 rings (SSSR count). The summed E-state index contributed by atoms with van der Waals surface area (Å²) in [5.74, 6) is 0. The van der Waals surface area contributed by atoms with Crippen LogP contribution >= 0.6 is 0 Å². The van der Waals surface area contributed by atoms with Crippen LogP contribution in [0.3, 0.4) is 0 Å². The monoisotopic (exact) mass is 338 g/mol. The van der Waals surface area contributed by atoms with E-state index in [-0.39, 0.29) is 0 Å². The Balaban J connectivity index is -0.000000635. The Labute approximate surface area is 149 Å². The van der Waals surface area contributed by atoms with Gasteiger partial charge in [-0.15, -0.1) is 6.58 Å². The molecule has 0 radical (unpaired) electrons. The van der Waals surface area contributed by atoms with Crippen molar-refractivity contribution in [2.45, 2.75) is 103 Å². The Morgan fingerprint density at radius 3 is 1.17 bits per heavy atom. The summed E-state index contributed by atoms with van der Waals surface area (Å²) in [6.07, 6.45) is 25.0. The molecule has 0 aromatic heterocycles. The molecule has 0 aliphatic carbocycles. The van der Waals surface area contributed by atoms with Crippen molar-refractivity contribution in [1.29, 1.82) is 10.8 Å². The molecular formula is C20H38N2O2. The molecule has 4 heteroatoms. The second-order valence-corrected chi connectivity index (χ2v) is 5.88. The first-order valence-electron chi connectivity index (χ1n) is 9.43. The van der Waals surface area contributed by atoms with E-state index in [0.717, 1.165) is 12.2 Å². The van der Waals surface area contributed by atoms with Gasteiger partial charge in [-0.2, -0.15) is 0 Å². The summed E-state index contributed by atoms with van der Waals surface area (Å²) in [5, 5.41) is 10.8. The van der Waals surface area contributed by atoms with Gasteiger partial charge in [-0.3, -0.25) is 0 Å². The Bertz CT molecular complexity index is 280. The molecule has 24 heavy (non-hydrogen) atoms. The number of nitrogens with one attached hydrogen (secondary N) is 2. The molecule has 0 heterocycles. The molecule has 0 aromatic carbocycles. The van der Waals surface area contributed by atoms with E-state index in [2.05, 4.69) is 13.5 Å². The lowest BCUT2D eigenvalue weighted by Gasteiger charge is -2.02. The lowest BCUT2D eigenvalue weighted by Crippen LogP contribution is -1.83. The molecule has 0 unspecified atom stereocenters. The molecule has 4 nitrogen and oxygen atoms in total. The van der Waals surface area contributed by atoms with Crippen LogP contribution in [0.2, 0.25) is 0 Å². The zero-order chi connectivity index (χ0) is 18.7. The number of hydrogen-bond acceptors (Lipinski definition) is 4. The summed E-state index contributed by atoms with van der Waals surface area (Å²) < 4.78 is 0. The van der Waals surface area contributed by atoms with Crippen molar-refractivity contribution in [3.05, 3.63) is 12.7 Å². The SMILES string of the molecule is C=CCCCCCCCCCCCCCCCC.N=C=O.N=C=O. The number of rotatable bonds is 15. The summed E-state index contributed by atoms with van der Waals surface area (Å²) in [6.45, 7) is 6.05. The van der Waals surface area contributed by atoms with Crippen molar-refractivity contribution in [2.24, 2.45) is 0 Å². The third-order valence-electron chi connectivity index (χ3n) is 3.76. The minimum Gasteiger partial charge on any atom is -0.222 e. The maximum atomic E-state index is 8.35. The molecule has 0 atom stereocenters. The third-order valence-corrected chi connectivity index (χ3v) is 3.76. The van der Waals surface area contributed by atoms with Crippen molar-refractivity contribution >= 4 is 12.2 Å². The maximum absolute atomic E-state index is 8.35. The molecule has 0 saturated heterocycles. The predicted octanol–water partition coefficient (Wildman–Crippen LogP) is 6.85. The number of carbonyl (C=O) groups excluding carboxylic acids is 2. The van der Waals surface area contributed by atoms with Gasteiger partial charge in [0.15, 0.2) is 0 Å². The standard InChI is InChI=1S/C18H36.2CHNO/c1-3-5-7-9-11-13-15-17-18-16-14-12-10-8-6-4-2;2*2-1-3/h3H,1,4-18H2,2H3;2*2H. The summed E-state index contributed by atoms with van der Waals surface area (Å²) >= 11 is 0. The molecule has 0 aliphatic rings. The Morgan fingerprint density at radius 2 is 0.917 bits per heavy atom. The second-order valence-electron chi connectivity index (χ2n) is 5.88. The number of unbranched alkanes of at least 4 members (excludes halogenated alkanes) is 14. The molecule has 0 fully saturated rings. The average Bonchev–Trinajstić information content (AvgIpc) is 2.57. The number of allylic oxidation sites excluding steroid dienone is 1. The van der Waals surface area contributed by atoms with Gasteiger partial charge in [-0.25, -0.2) is 20.4 Å². The van der Waals surface area contributed by atoms with E-state index >= 15 is 0 Å². The first-order valence-corrected chi connectivity index (χ1v) is 9.43. The van der Waals surface area contributed by atoms with Crippen LogP contribution in [-0.4, -0.2) is 12.2 Å². The minimum atomic E-state index is 0.750. The number of isocyanates is 2. The van der Waals surface area contributed by atoms with Crippen molar-refractivity contribution in [2.75, 3.05) is 0 Å². The Kier molecular flexibility index (Phi) is 37.8. The highest BCUT2D eigenvalue weighted by atomic mass is 16.1. The van der Waals surface area contributed by atoms with Gasteiger partial charge in [0.25, 0.3) is 0 Å². The van der Waals surface area contributed by atoms with E-state index in [9.17, 15) is 0 Å². The molecule has 140 valence electrons. The zero-order valence-corrected chi connectivity index (χ0v) is 15.7. The fraction of sp³-hybridized carbons (Fsp3) is 0.800. The quantitative estimate of drug-likeness (QED) is 0.148. The first kappa shape index (κ1) is 27.4. The summed E-state index contributed by atoms with van der Waals surface area (Å²) in [6, 6.07) is 0. The minimum absolute atomic E-state index is 0.750. The van der Waals surface area contributed by atoms with Crippen LogP contribution in [0, 0.1) is 10.8 Å². The molecular weight excluding hydrogens is 300 g/mol. The van der Waals surface area contributed by atoms with E-state index in [4.69, 9.17) is 20.4 Å². The first-order chi connectivity index (χ1) is 11.7. The number of hydrogen-bond donors (Lipinski definition) is 2. The van der Waals surface area contributed by atoms with Crippen molar-refractivity contribution in [3.8, 4) is 0 Å². The maximum Gasteiger partial charge on any atom is 0.231 e. The van der Waals surface area contributed by atoms with Crippen LogP contribution in [0.5, 0.6) is 0 Å². The molecule has 0 amide bonds. The summed E-state index contributed by atoms with van der Waals surface area (Å²) in [7, 11) is 0. The highest BCUT2D eigenvalue weighted by molar-refractivity contribution is 5.26. The van der Waals surface area contributed by atoms with Gasteiger partial charge in [-0.05, 0) is 12.8 Å². The highest BCUT2D eigenvalue weighted by Crippen LogP contribution is 2.13. The lowest BCUT2D eigenvalue weighted by molar-refractivity contribution is 0.536. The topological polar surface area (TPSA) is 81.8 Å². The van der Waals surface area contributed by atoms with Crippen molar-refractivity contribution in [1.82, 2.24) is 0 Å². The van der Waals surface area contributed by atoms with E-state index in [1.54, 1.807) is 0 Å². The van der Waals surface area contributed by atoms with Gasteiger partial charge in [-0.1, -0.05) is 96.5 Å². The van der Waals surface area contributed by atoms with E-state index in [1.807, 2.05) is 6.08 Å². The molecule has 2 N–H and O–H groups in total. The third kappa shape index (κ3) is 42.8. The van der Waals surface area contributed by atoms with Crippen molar-refractivity contribution < 1.29 is 9.59 Å². The highest BCUT2D eigenvalue weighted by Gasteiger charge is 1.93. The Hall–Kier alpha value is -1.50. The largest absolute Gasteiger partial charge is 0.231 e. The van der Waals surface area contributed by atoms with Crippen LogP contribution in [0.1, 0.15) is 103 Å². The van der Waals surface area contributed by atoms with Gasteiger partial charge in [0, 0.05) is 0 Å². The van der Waals surface area contributed by atoms with Crippen LogP contribution in [0.4, 0.5) is 0 Å². The molecule has 0 bridgehead atoms. The normalized spacial score (nSPS) is 8.71. The van der Waals surface area contributed by atoms with E-state index in [1.165, 1.54) is 96.3 Å². The fourth-order valence-electron chi connectivity index (χ4n) is 2.48. The van der Waals surface area contributed by atoms with Gasteiger partial charge < -0.3 is 0 Å². The van der Waals surface area contributed by atoms with Gasteiger partial charge in [0.1, 0.15) is 0 Å². The van der Waals surface area contributed by atoms with Crippen LogP contribution in [-0.2, 0) is 9.59 Å². The van der Waals surface area contributed by atoms with Crippen molar-refractivity contribution in [3.63, 3.8) is 0 Å². The van der Waals surface area contributed by atoms with Gasteiger partial charge >= 0.3 is 0 Å². The molecule has 0 saturated carbocycles. The van der Waals surface area contributed by atoms with Gasteiger partial charge in [0.05, 0.1) is 0 Å². The molecule has 0 aromatic rings. The smallest absolute Gasteiger partial charge is 0.222 e. The van der Waals surface area contributed by atoms with E-state index in [0.29, 0.717) is 0 Å². The zero-order valence-electron chi connectivity index (χ0n) is 15.7.